The number of para-hydroxylation sites is 2. The minimum Gasteiger partial charge on any atom is -0.333 e. The molecule has 1 atom stereocenters. The van der Waals surface area contributed by atoms with Crippen molar-refractivity contribution in [3.05, 3.63) is 239 Å². The van der Waals surface area contributed by atoms with Gasteiger partial charge in [-0.25, -0.2) is 0 Å². The normalized spacial score (nSPS) is 20.1. The van der Waals surface area contributed by atoms with E-state index in [1.165, 1.54) is 44.8 Å². The van der Waals surface area contributed by atoms with E-state index in [2.05, 4.69) is 215 Å². The maximum absolute atomic E-state index is 10.1. The smallest absolute Gasteiger partial charge is 0.0988 e. The van der Waals surface area contributed by atoms with Gasteiger partial charge in [0.2, 0.25) is 0 Å². The second kappa shape index (κ2) is 19.2. The number of nitrogens with zero attached hydrogens (tertiary/aromatic N) is 3. The first-order valence-electron chi connectivity index (χ1n) is 21.2. The van der Waals surface area contributed by atoms with Crippen LogP contribution in [-0.4, -0.2) is 0 Å². The standard InChI is InChI=1S/C57H55N3/c1-7-20-43(38-58)35-54(48-21-14-11-15-22-48)45(10-4)37-57-55-36-49(31-32-56(55)60(57)53-25-18-13-19-26-53)46-27-29-47(30-28-46)51-34-42(6)41(5)33-50(44(8-2)9-3)39-59(40-51)52-23-16-12-17-24-52/h8-10,12-14,16-32,34-36,39-40,57H,2,5,7,11,15,33,37H2,1,3-4,6H3/b42-34+,43-20+,44-9+,45-10+,50-39+,51-40+,54-35-. The van der Waals surface area contributed by atoms with Crippen molar-refractivity contribution in [3.8, 4) is 17.2 Å². The van der Waals surface area contributed by atoms with Crippen molar-refractivity contribution in [2.75, 3.05) is 9.80 Å². The number of nitriles is 1. The maximum Gasteiger partial charge on any atom is 0.0988 e. The van der Waals surface area contributed by atoms with Crippen molar-refractivity contribution in [3.63, 3.8) is 0 Å². The monoisotopic (exact) mass is 781 g/mol. The fraction of sp³-hybridized carbons (Fsp3) is 0.175. The first-order chi connectivity index (χ1) is 29.3. The van der Waals surface area contributed by atoms with Crippen LogP contribution >= 0.6 is 0 Å². The Morgan fingerprint density at radius 3 is 2.18 bits per heavy atom. The lowest BCUT2D eigenvalue weighted by atomic mass is 9.81. The highest BCUT2D eigenvalue weighted by Crippen LogP contribution is 2.53. The number of allylic oxidation sites excluding steroid dienone is 17. The summed E-state index contributed by atoms with van der Waals surface area (Å²) in [5.74, 6) is 0. The molecule has 4 aromatic carbocycles. The van der Waals surface area contributed by atoms with Gasteiger partial charge in [0.15, 0.2) is 0 Å². The lowest BCUT2D eigenvalue weighted by Gasteiger charge is -2.46. The Balaban J connectivity index is 1.25. The molecule has 0 N–H and O–H groups in total. The van der Waals surface area contributed by atoms with E-state index < -0.39 is 0 Å². The zero-order valence-corrected chi connectivity index (χ0v) is 35.5. The summed E-state index contributed by atoms with van der Waals surface area (Å²) in [6.45, 7) is 17.0. The van der Waals surface area contributed by atoms with E-state index in [9.17, 15) is 5.26 Å². The van der Waals surface area contributed by atoms with E-state index in [4.69, 9.17) is 0 Å². The van der Waals surface area contributed by atoms with Crippen LogP contribution in [0, 0.1) is 11.3 Å². The van der Waals surface area contributed by atoms with Gasteiger partial charge in [-0.2, -0.15) is 5.26 Å². The molecule has 1 unspecified atom stereocenters. The summed E-state index contributed by atoms with van der Waals surface area (Å²) in [4.78, 5) is 4.70. The molecule has 0 bridgehead atoms. The Morgan fingerprint density at radius 2 is 1.55 bits per heavy atom. The lowest BCUT2D eigenvalue weighted by Crippen LogP contribution is -2.34. The van der Waals surface area contributed by atoms with E-state index in [1.54, 1.807) is 0 Å². The third kappa shape index (κ3) is 9.05. The summed E-state index contributed by atoms with van der Waals surface area (Å²) in [5, 5.41) is 10.1. The molecule has 3 aliphatic rings. The highest BCUT2D eigenvalue weighted by atomic mass is 15.2. The van der Waals surface area contributed by atoms with Gasteiger partial charge in [-0.3, -0.25) is 0 Å². The van der Waals surface area contributed by atoms with Crippen molar-refractivity contribution in [2.24, 2.45) is 0 Å². The highest BCUT2D eigenvalue weighted by Gasteiger charge is 2.37. The molecule has 298 valence electrons. The topological polar surface area (TPSA) is 30.3 Å². The van der Waals surface area contributed by atoms with E-state index in [-0.39, 0.29) is 6.04 Å². The third-order valence-corrected chi connectivity index (χ3v) is 11.7. The Bertz CT molecular complexity index is 2570. The summed E-state index contributed by atoms with van der Waals surface area (Å²) in [6, 6.07) is 39.7. The molecule has 7 rings (SSSR count). The summed E-state index contributed by atoms with van der Waals surface area (Å²) in [6.07, 6.45) is 28.3. The Labute approximate surface area is 358 Å². The fourth-order valence-corrected chi connectivity index (χ4v) is 8.36. The van der Waals surface area contributed by atoms with E-state index in [0.717, 1.165) is 71.2 Å². The first-order valence-corrected chi connectivity index (χ1v) is 21.2. The Morgan fingerprint density at radius 1 is 0.850 bits per heavy atom. The molecule has 2 aliphatic heterocycles. The van der Waals surface area contributed by atoms with Gasteiger partial charge in [0.05, 0.1) is 12.1 Å². The predicted molar refractivity (Wildman–Crippen MR) is 257 cm³/mol. The van der Waals surface area contributed by atoms with Crippen molar-refractivity contribution >= 4 is 22.6 Å². The van der Waals surface area contributed by atoms with Crippen LogP contribution < -0.4 is 9.80 Å². The van der Waals surface area contributed by atoms with Crippen LogP contribution in [0.1, 0.15) is 77.0 Å². The summed E-state index contributed by atoms with van der Waals surface area (Å²) < 4.78 is 0. The van der Waals surface area contributed by atoms with Gasteiger partial charge in [0.25, 0.3) is 0 Å². The van der Waals surface area contributed by atoms with Crippen LogP contribution in [0.4, 0.5) is 17.1 Å². The van der Waals surface area contributed by atoms with Crippen LogP contribution in [0.2, 0.25) is 0 Å². The molecule has 0 radical (unpaired) electrons. The summed E-state index contributed by atoms with van der Waals surface area (Å²) in [5.41, 5.74) is 18.2. The van der Waals surface area contributed by atoms with E-state index >= 15 is 0 Å². The predicted octanol–water partition coefficient (Wildman–Crippen LogP) is 15.7. The van der Waals surface area contributed by atoms with Gasteiger partial charge in [-0.05, 0) is 168 Å². The number of rotatable bonds is 12. The van der Waals surface area contributed by atoms with Crippen LogP contribution in [0.25, 0.3) is 16.7 Å². The first kappa shape index (κ1) is 41.3. The molecular weight excluding hydrogens is 727 g/mol. The zero-order valence-electron chi connectivity index (χ0n) is 35.5. The zero-order chi connectivity index (χ0) is 42.0. The maximum atomic E-state index is 10.1. The van der Waals surface area contributed by atoms with Crippen LogP contribution in [0.15, 0.2) is 228 Å². The molecule has 4 aromatic rings. The number of fused-ring (bicyclic) bond motifs is 1. The van der Waals surface area contributed by atoms with Crippen molar-refractivity contribution < 1.29 is 0 Å². The van der Waals surface area contributed by atoms with Crippen molar-refractivity contribution in [1.29, 1.82) is 5.26 Å². The summed E-state index contributed by atoms with van der Waals surface area (Å²) in [7, 11) is 0. The Hall–Kier alpha value is -6.89. The fourth-order valence-electron chi connectivity index (χ4n) is 8.36. The van der Waals surface area contributed by atoms with Gasteiger partial charge < -0.3 is 9.80 Å². The molecule has 0 saturated carbocycles. The molecule has 3 heteroatoms. The Kier molecular flexibility index (Phi) is 13.2. The molecule has 3 nitrogen and oxygen atoms in total. The molecular formula is C57H55N3. The molecule has 0 saturated heterocycles. The molecule has 0 fully saturated rings. The third-order valence-electron chi connectivity index (χ3n) is 11.7. The van der Waals surface area contributed by atoms with Gasteiger partial charge in [0, 0.05) is 35.0 Å². The van der Waals surface area contributed by atoms with Gasteiger partial charge in [-0.1, -0.05) is 129 Å². The van der Waals surface area contributed by atoms with Gasteiger partial charge in [0.1, 0.15) is 0 Å². The molecule has 0 aromatic heterocycles. The van der Waals surface area contributed by atoms with Crippen LogP contribution in [0.3, 0.4) is 0 Å². The molecule has 60 heavy (non-hydrogen) atoms. The summed E-state index contributed by atoms with van der Waals surface area (Å²) >= 11 is 0. The SMILES string of the molecule is C=CC(=C\C)/C1=C/N(c2ccccc2)/C=C(c2ccc(-c3ccc4c(c3)C(CC(=C\C)/C(=C/C(C#N)=C\CC)C3=CCCC=C3)N4c3ccccc3)cc2)\C=C(/C)C(=C)C1. The molecule has 2 heterocycles. The van der Waals surface area contributed by atoms with Crippen LogP contribution in [-0.2, 0) is 0 Å². The number of hydrogen-bond acceptors (Lipinski definition) is 3. The van der Waals surface area contributed by atoms with Crippen molar-refractivity contribution in [2.45, 2.75) is 65.8 Å². The molecule has 0 spiro atoms. The minimum atomic E-state index is 0.126. The second-order valence-electron chi connectivity index (χ2n) is 15.5. The number of benzene rings is 4. The lowest BCUT2D eigenvalue weighted by molar-refractivity contribution is 0.635. The highest BCUT2D eigenvalue weighted by molar-refractivity contribution is 5.83. The molecule has 0 amide bonds. The number of anilines is 3. The van der Waals surface area contributed by atoms with Gasteiger partial charge >= 0.3 is 0 Å². The van der Waals surface area contributed by atoms with Gasteiger partial charge in [-0.15, -0.1) is 0 Å². The largest absolute Gasteiger partial charge is 0.333 e. The van der Waals surface area contributed by atoms with E-state index in [1.807, 2.05) is 12.2 Å². The average Bonchev–Trinajstić information content (AvgIpc) is 3.35. The van der Waals surface area contributed by atoms with E-state index in [0.29, 0.717) is 5.57 Å². The van der Waals surface area contributed by atoms with Crippen molar-refractivity contribution in [1.82, 2.24) is 0 Å². The second-order valence-corrected chi connectivity index (χ2v) is 15.5. The molecule has 1 aliphatic carbocycles. The quantitative estimate of drug-likeness (QED) is 0.106. The average molecular weight is 782 g/mol. The number of hydrogen-bond donors (Lipinski definition) is 0. The van der Waals surface area contributed by atoms with Crippen LogP contribution in [0.5, 0.6) is 0 Å². The minimum absolute atomic E-state index is 0.126.